The highest BCUT2D eigenvalue weighted by Crippen LogP contribution is 2.29. The second-order valence-electron chi connectivity index (χ2n) is 5.01. The van der Waals surface area contributed by atoms with Gasteiger partial charge in [0.1, 0.15) is 0 Å². The third-order valence-corrected chi connectivity index (χ3v) is 4.63. The van der Waals surface area contributed by atoms with E-state index < -0.39 is 0 Å². The molecular formula is C14H18N3S. The van der Waals surface area contributed by atoms with Crippen molar-refractivity contribution in [3.63, 3.8) is 0 Å². The maximum absolute atomic E-state index is 4.70. The topological polar surface area (TPSA) is 19.4 Å². The Morgan fingerprint density at radius 2 is 2.06 bits per heavy atom. The number of aromatic nitrogens is 1. The summed E-state index contributed by atoms with van der Waals surface area (Å²) in [5.41, 5.74) is 1.07. The van der Waals surface area contributed by atoms with Gasteiger partial charge in [-0.1, -0.05) is 17.4 Å². The van der Waals surface area contributed by atoms with Crippen LogP contribution in [0.15, 0.2) is 18.2 Å². The number of piperazine rings is 1. The molecule has 2 heterocycles. The molecule has 0 saturated carbocycles. The van der Waals surface area contributed by atoms with E-state index in [1.54, 1.807) is 11.3 Å². The van der Waals surface area contributed by atoms with E-state index in [-0.39, 0.29) is 0 Å². The Morgan fingerprint density at radius 1 is 1.28 bits per heavy atom. The zero-order chi connectivity index (χ0) is 12.5. The summed E-state index contributed by atoms with van der Waals surface area (Å²) >= 11 is 1.79. The van der Waals surface area contributed by atoms with Gasteiger partial charge in [0.05, 0.1) is 10.2 Å². The van der Waals surface area contributed by atoms with Gasteiger partial charge in [0.25, 0.3) is 0 Å². The standard InChI is InChI=1S/C14H18N3S/c1-11(2)16-7-9-17(10-8-16)14-15-12-5-3-4-6-13(12)18-14/h4-6,11H,7-10H2,1-2H3. The van der Waals surface area contributed by atoms with Crippen LogP contribution >= 0.6 is 11.3 Å². The summed E-state index contributed by atoms with van der Waals surface area (Å²) in [7, 11) is 0. The molecular weight excluding hydrogens is 242 g/mol. The first-order valence-electron chi connectivity index (χ1n) is 6.49. The van der Waals surface area contributed by atoms with Gasteiger partial charge < -0.3 is 4.90 Å². The molecule has 18 heavy (non-hydrogen) atoms. The van der Waals surface area contributed by atoms with Gasteiger partial charge in [-0.15, -0.1) is 0 Å². The Bertz CT molecular complexity index is 494. The molecule has 3 rings (SSSR count). The molecule has 0 N–H and O–H groups in total. The van der Waals surface area contributed by atoms with Crippen LogP contribution in [0.4, 0.5) is 5.13 Å². The zero-order valence-corrected chi connectivity index (χ0v) is 11.7. The van der Waals surface area contributed by atoms with E-state index in [2.05, 4.69) is 35.8 Å². The third-order valence-electron chi connectivity index (χ3n) is 3.54. The fourth-order valence-electron chi connectivity index (χ4n) is 2.37. The van der Waals surface area contributed by atoms with Crippen molar-refractivity contribution in [3.05, 3.63) is 24.3 Å². The van der Waals surface area contributed by atoms with Crippen LogP contribution in [0.5, 0.6) is 0 Å². The first kappa shape index (κ1) is 11.9. The lowest BCUT2D eigenvalue weighted by atomic mass is 10.2. The van der Waals surface area contributed by atoms with Crippen molar-refractivity contribution in [2.45, 2.75) is 19.9 Å². The summed E-state index contributed by atoms with van der Waals surface area (Å²) in [6.45, 7) is 8.98. The monoisotopic (exact) mass is 260 g/mol. The molecule has 0 atom stereocenters. The van der Waals surface area contributed by atoms with Gasteiger partial charge in [-0.2, -0.15) is 0 Å². The smallest absolute Gasteiger partial charge is 0.186 e. The molecule has 0 amide bonds. The average Bonchev–Trinajstić information content (AvgIpc) is 2.82. The largest absolute Gasteiger partial charge is 0.345 e. The van der Waals surface area contributed by atoms with Gasteiger partial charge in [0.2, 0.25) is 0 Å². The predicted octanol–water partition coefficient (Wildman–Crippen LogP) is 2.63. The number of fused-ring (bicyclic) bond motifs is 1. The molecule has 1 aromatic heterocycles. The Morgan fingerprint density at radius 3 is 2.72 bits per heavy atom. The fourth-order valence-corrected chi connectivity index (χ4v) is 3.37. The van der Waals surface area contributed by atoms with Crippen molar-refractivity contribution in [3.8, 4) is 0 Å². The minimum atomic E-state index is 0.650. The molecule has 95 valence electrons. The molecule has 2 aromatic rings. The Labute approximate surface area is 112 Å². The number of benzene rings is 1. The summed E-state index contributed by atoms with van der Waals surface area (Å²) in [5, 5.41) is 1.16. The number of thiazole rings is 1. The summed E-state index contributed by atoms with van der Waals surface area (Å²) in [6.07, 6.45) is 0. The van der Waals surface area contributed by atoms with Crippen LogP contribution in [0.3, 0.4) is 0 Å². The second-order valence-corrected chi connectivity index (χ2v) is 6.02. The molecule has 0 bridgehead atoms. The molecule has 1 aliphatic rings. The SMILES string of the molecule is CC(C)N1CCN(c2nc3c[c]ccc3s2)CC1. The molecule has 4 heteroatoms. The lowest BCUT2D eigenvalue weighted by Crippen LogP contribution is -2.48. The molecule has 1 aliphatic heterocycles. The van der Waals surface area contributed by atoms with Crippen LogP contribution < -0.4 is 4.90 Å². The normalized spacial score (nSPS) is 17.8. The van der Waals surface area contributed by atoms with Crippen LogP contribution in [0.25, 0.3) is 10.2 Å². The van der Waals surface area contributed by atoms with E-state index in [1.165, 1.54) is 4.70 Å². The predicted molar refractivity (Wildman–Crippen MR) is 77.4 cm³/mol. The van der Waals surface area contributed by atoms with E-state index in [4.69, 9.17) is 4.98 Å². The highest BCUT2D eigenvalue weighted by atomic mass is 32.1. The van der Waals surface area contributed by atoms with Crippen molar-refractivity contribution in [1.29, 1.82) is 0 Å². The Kier molecular flexibility index (Phi) is 3.22. The van der Waals surface area contributed by atoms with Crippen molar-refractivity contribution < 1.29 is 0 Å². The van der Waals surface area contributed by atoms with Crippen molar-refractivity contribution in [2.75, 3.05) is 31.1 Å². The van der Waals surface area contributed by atoms with Gasteiger partial charge in [-0.3, -0.25) is 4.90 Å². The average molecular weight is 260 g/mol. The van der Waals surface area contributed by atoms with Gasteiger partial charge in [-0.25, -0.2) is 4.98 Å². The van der Waals surface area contributed by atoms with Gasteiger partial charge in [0.15, 0.2) is 5.13 Å². The minimum Gasteiger partial charge on any atom is -0.345 e. The second kappa shape index (κ2) is 4.86. The maximum atomic E-state index is 4.70. The van der Waals surface area contributed by atoms with E-state index in [0.29, 0.717) is 6.04 Å². The summed E-state index contributed by atoms with van der Waals surface area (Å²) < 4.78 is 1.26. The van der Waals surface area contributed by atoms with E-state index >= 15 is 0 Å². The fraction of sp³-hybridized carbons (Fsp3) is 0.500. The first-order chi connectivity index (χ1) is 8.74. The van der Waals surface area contributed by atoms with Crippen LogP contribution in [-0.4, -0.2) is 42.1 Å². The molecule has 1 aromatic carbocycles. The lowest BCUT2D eigenvalue weighted by molar-refractivity contribution is 0.209. The van der Waals surface area contributed by atoms with Crippen LogP contribution in [0.1, 0.15) is 13.8 Å². The Balaban J connectivity index is 1.76. The number of nitrogens with zero attached hydrogens (tertiary/aromatic N) is 3. The van der Waals surface area contributed by atoms with E-state index in [9.17, 15) is 0 Å². The van der Waals surface area contributed by atoms with Crippen molar-refractivity contribution in [1.82, 2.24) is 9.88 Å². The molecule has 3 nitrogen and oxygen atoms in total. The van der Waals surface area contributed by atoms with E-state index in [0.717, 1.165) is 36.8 Å². The number of anilines is 1. The summed E-state index contributed by atoms with van der Waals surface area (Å²) in [4.78, 5) is 9.63. The number of hydrogen-bond acceptors (Lipinski definition) is 4. The molecule has 1 fully saturated rings. The van der Waals surface area contributed by atoms with Gasteiger partial charge in [0, 0.05) is 32.2 Å². The molecule has 1 saturated heterocycles. The summed E-state index contributed by atoms with van der Waals surface area (Å²) in [6, 6.07) is 9.77. The molecule has 0 aliphatic carbocycles. The molecule has 0 unspecified atom stereocenters. The van der Waals surface area contributed by atoms with Crippen LogP contribution in [0, 0.1) is 6.07 Å². The Hall–Kier alpha value is -1.13. The highest BCUT2D eigenvalue weighted by molar-refractivity contribution is 7.22. The highest BCUT2D eigenvalue weighted by Gasteiger charge is 2.20. The lowest BCUT2D eigenvalue weighted by Gasteiger charge is -2.36. The van der Waals surface area contributed by atoms with Gasteiger partial charge >= 0.3 is 0 Å². The summed E-state index contributed by atoms with van der Waals surface area (Å²) in [5.74, 6) is 0. The molecule has 1 radical (unpaired) electrons. The van der Waals surface area contributed by atoms with Crippen molar-refractivity contribution >= 4 is 26.7 Å². The first-order valence-corrected chi connectivity index (χ1v) is 7.31. The van der Waals surface area contributed by atoms with Crippen molar-refractivity contribution in [2.24, 2.45) is 0 Å². The van der Waals surface area contributed by atoms with Gasteiger partial charge in [-0.05, 0) is 32.0 Å². The quantitative estimate of drug-likeness (QED) is 0.827. The number of hydrogen-bond donors (Lipinski definition) is 0. The van der Waals surface area contributed by atoms with Crippen LogP contribution in [0.2, 0.25) is 0 Å². The van der Waals surface area contributed by atoms with Crippen LogP contribution in [-0.2, 0) is 0 Å². The number of rotatable bonds is 2. The zero-order valence-electron chi connectivity index (χ0n) is 10.9. The van der Waals surface area contributed by atoms with E-state index in [1.807, 2.05) is 12.1 Å². The minimum absolute atomic E-state index is 0.650. The third kappa shape index (κ3) is 2.22. The molecule has 0 spiro atoms. The maximum Gasteiger partial charge on any atom is 0.186 e.